The summed E-state index contributed by atoms with van der Waals surface area (Å²) in [5.41, 5.74) is 2.83. The van der Waals surface area contributed by atoms with Crippen molar-refractivity contribution in [3.8, 4) is 5.88 Å². The Hall–Kier alpha value is -3.54. The molecule has 0 unspecified atom stereocenters. The van der Waals surface area contributed by atoms with Crippen LogP contribution in [0.25, 0.3) is 5.70 Å². The minimum atomic E-state index is -0.529. The number of piperidine rings is 1. The number of hydrogen-bond donors (Lipinski definition) is 1. The molecule has 1 aliphatic rings. The van der Waals surface area contributed by atoms with Gasteiger partial charge in [-0.3, -0.25) is 10.1 Å². The monoisotopic (exact) mass is 457 g/mol. The predicted molar refractivity (Wildman–Crippen MR) is 118 cm³/mol. The van der Waals surface area contributed by atoms with E-state index in [9.17, 15) is 10.1 Å². The Morgan fingerprint density at radius 1 is 1.41 bits per heavy atom. The highest BCUT2D eigenvalue weighted by Crippen LogP contribution is 2.37. The maximum atomic E-state index is 11.8. The van der Waals surface area contributed by atoms with E-state index in [1.807, 2.05) is 36.3 Å². The molecule has 32 heavy (non-hydrogen) atoms. The maximum absolute atomic E-state index is 11.8. The van der Waals surface area contributed by atoms with Gasteiger partial charge in [-0.1, -0.05) is 31.6 Å². The molecule has 12 heteroatoms. The van der Waals surface area contributed by atoms with E-state index < -0.39 is 4.92 Å². The molecule has 0 aromatic carbocycles. The van der Waals surface area contributed by atoms with Gasteiger partial charge < -0.3 is 14.3 Å². The topological polar surface area (TPSA) is 132 Å². The number of anilines is 1. The second-order valence-corrected chi connectivity index (χ2v) is 8.62. The minimum Gasteiger partial charge on any atom is -0.354 e. The SMILES string of the molecule is C=C(NOc1ncnc(N2CCC(c3nc(C(C)C)no3)CC2)c1[N+](=O)[O-])c1cccs1. The lowest BCUT2D eigenvalue weighted by Gasteiger charge is -2.30. The third kappa shape index (κ3) is 4.54. The average Bonchev–Trinajstić information content (AvgIpc) is 3.50. The first-order valence-electron chi connectivity index (χ1n) is 10.2. The summed E-state index contributed by atoms with van der Waals surface area (Å²) in [6.45, 7) is 9.00. The van der Waals surface area contributed by atoms with Crippen LogP contribution in [-0.2, 0) is 0 Å². The van der Waals surface area contributed by atoms with Crippen LogP contribution in [0.1, 0.15) is 55.1 Å². The van der Waals surface area contributed by atoms with Crippen molar-refractivity contribution >= 4 is 28.5 Å². The Bertz CT molecular complexity index is 1090. The van der Waals surface area contributed by atoms with Gasteiger partial charge in [0.05, 0.1) is 15.5 Å². The van der Waals surface area contributed by atoms with Crippen molar-refractivity contribution in [1.29, 1.82) is 0 Å². The smallest absolute Gasteiger partial charge is 0.354 e. The molecule has 11 nitrogen and oxygen atoms in total. The number of aromatic nitrogens is 4. The highest BCUT2D eigenvalue weighted by Gasteiger charge is 2.33. The molecule has 1 aliphatic heterocycles. The fourth-order valence-corrected chi connectivity index (χ4v) is 4.06. The first-order chi connectivity index (χ1) is 15.4. The van der Waals surface area contributed by atoms with Crippen LogP contribution in [0.15, 0.2) is 34.9 Å². The quantitative estimate of drug-likeness (QED) is 0.392. The molecule has 0 saturated carbocycles. The van der Waals surface area contributed by atoms with Gasteiger partial charge >= 0.3 is 11.6 Å². The molecule has 3 aromatic rings. The Morgan fingerprint density at radius 2 is 2.19 bits per heavy atom. The molecule has 168 valence electrons. The Labute approximate surface area is 188 Å². The lowest BCUT2D eigenvalue weighted by molar-refractivity contribution is -0.385. The fraction of sp³-hybridized carbons (Fsp3) is 0.400. The van der Waals surface area contributed by atoms with Gasteiger partial charge in [-0.25, -0.2) is 10.5 Å². The summed E-state index contributed by atoms with van der Waals surface area (Å²) >= 11 is 1.47. The molecule has 0 aliphatic carbocycles. The van der Waals surface area contributed by atoms with Gasteiger partial charge in [-0.2, -0.15) is 9.97 Å². The predicted octanol–water partition coefficient (Wildman–Crippen LogP) is 3.89. The molecule has 0 bridgehead atoms. The largest absolute Gasteiger partial charge is 0.375 e. The summed E-state index contributed by atoms with van der Waals surface area (Å²) in [7, 11) is 0. The van der Waals surface area contributed by atoms with Crippen molar-refractivity contribution in [2.45, 2.75) is 38.5 Å². The zero-order valence-electron chi connectivity index (χ0n) is 17.7. The second-order valence-electron chi connectivity index (χ2n) is 7.67. The number of rotatable bonds is 8. The molecular weight excluding hydrogens is 434 g/mol. The molecule has 4 rings (SSSR count). The van der Waals surface area contributed by atoms with Crippen LogP contribution >= 0.6 is 11.3 Å². The number of nitrogens with zero attached hydrogens (tertiary/aromatic N) is 6. The number of nitro groups is 1. The van der Waals surface area contributed by atoms with E-state index in [4.69, 9.17) is 9.36 Å². The molecular formula is C20H23N7O4S. The van der Waals surface area contributed by atoms with E-state index >= 15 is 0 Å². The molecule has 0 amide bonds. The van der Waals surface area contributed by atoms with E-state index in [1.54, 1.807) is 0 Å². The molecule has 4 heterocycles. The van der Waals surface area contributed by atoms with Crippen molar-refractivity contribution in [2.75, 3.05) is 18.0 Å². The van der Waals surface area contributed by atoms with Crippen LogP contribution in [0, 0.1) is 10.1 Å². The normalized spacial score (nSPS) is 14.5. The first kappa shape index (κ1) is 21.7. The first-order valence-corrected chi connectivity index (χ1v) is 11.1. The summed E-state index contributed by atoms with van der Waals surface area (Å²) in [4.78, 5) is 32.1. The summed E-state index contributed by atoms with van der Waals surface area (Å²) in [5, 5.41) is 17.8. The van der Waals surface area contributed by atoms with Gasteiger partial charge in [0.25, 0.3) is 0 Å². The van der Waals surface area contributed by atoms with Crippen molar-refractivity contribution in [2.24, 2.45) is 0 Å². The Balaban J connectivity index is 1.47. The highest BCUT2D eigenvalue weighted by molar-refractivity contribution is 7.11. The van der Waals surface area contributed by atoms with Crippen molar-refractivity contribution in [3.05, 3.63) is 57.1 Å². The van der Waals surface area contributed by atoms with Gasteiger partial charge in [-0.05, 0) is 24.3 Å². The second kappa shape index (κ2) is 9.30. The summed E-state index contributed by atoms with van der Waals surface area (Å²) in [5.74, 6) is 1.66. The zero-order valence-corrected chi connectivity index (χ0v) is 18.5. The van der Waals surface area contributed by atoms with Crippen molar-refractivity contribution in [1.82, 2.24) is 25.6 Å². The van der Waals surface area contributed by atoms with Crippen LogP contribution < -0.4 is 15.2 Å². The standard InChI is InChI=1S/C20H23N7O4S/c1-12(2)17-23-19(30-25-17)14-6-8-26(9-7-14)18-16(27(28)29)20(22-11-21-18)31-24-13(3)15-5-4-10-32-15/h4-5,10-12,14,24H,3,6-9H2,1-2H3. The zero-order chi connectivity index (χ0) is 22.7. The molecule has 3 aromatic heterocycles. The van der Waals surface area contributed by atoms with Gasteiger partial charge in [-0.15, -0.1) is 11.3 Å². The Kier molecular flexibility index (Phi) is 6.30. The van der Waals surface area contributed by atoms with Crippen molar-refractivity contribution in [3.63, 3.8) is 0 Å². The van der Waals surface area contributed by atoms with Gasteiger partial charge in [0.15, 0.2) is 5.82 Å². The lowest BCUT2D eigenvalue weighted by atomic mass is 9.96. The van der Waals surface area contributed by atoms with Gasteiger partial charge in [0, 0.05) is 24.9 Å². The number of hydroxylamine groups is 1. The maximum Gasteiger partial charge on any atom is 0.375 e. The van der Waals surface area contributed by atoms with Crippen LogP contribution in [0.4, 0.5) is 11.5 Å². The van der Waals surface area contributed by atoms with E-state index in [1.165, 1.54) is 17.7 Å². The minimum absolute atomic E-state index is 0.110. The van der Waals surface area contributed by atoms with E-state index in [0.717, 1.165) is 4.88 Å². The van der Waals surface area contributed by atoms with Crippen LogP contribution in [0.5, 0.6) is 5.88 Å². The van der Waals surface area contributed by atoms with E-state index in [-0.39, 0.29) is 29.2 Å². The summed E-state index contributed by atoms with van der Waals surface area (Å²) in [6, 6.07) is 3.74. The summed E-state index contributed by atoms with van der Waals surface area (Å²) < 4.78 is 5.42. The highest BCUT2D eigenvalue weighted by atomic mass is 32.1. The number of nitrogens with one attached hydrogen (secondary N) is 1. The van der Waals surface area contributed by atoms with Crippen LogP contribution in [-0.4, -0.2) is 38.1 Å². The number of thiophene rings is 1. The molecule has 1 saturated heterocycles. The Morgan fingerprint density at radius 3 is 2.81 bits per heavy atom. The van der Waals surface area contributed by atoms with E-state index in [2.05, 4.69) is 32.2 Å². The number of hydrogen-bond acceptors (Lipinski definition) is 11. The van der Waals surface area contributed by atoms with Crippen LogP contribution in [0.2, 0.25) is 0 Å². The molecule has 1 N–H and O–H groups in total. The molecule has 0 radical (unpaired) electrons. The van der Waals surface area contributed by atoms with E-state index in [0.29, 0.717) is 43.3 Å². The van der Waals surface area contributed by atoms with Crippen molar-refractivity contribution < 1.29 is 14.3 Å². The fourth-order valence-electron chi connectivity index (χ4n) is 3.42. The van der Waals surface area contributed by atoms with Gasteiger partial charge in [0.2, 0.25) is 11.7 Å². The summed E-state index contributed by atoms with van der Waals surface area (Å²) in [6.07, 6.45) is 2.68. The third-order valence-electron chi connectivity index (χ3n) is 5.16. The van der Waals surface area contributed by atoms with Crippen LogP contribution in [0.3, 0.4) is 0 Å². The molecule has 0 atom stereocenters. The van der Waals surface area contributed by atoms with Gasteiger partial charge in [0.1, 0.15) is 6.33 Å². The lowest BCUT2D eigenvalue weighted by Crippen LogP contribution is -2.34. The molecule has 1 fully saturated rings. The third-order valence-corrected chi connectivity index (χ3v) is 6.09. The average molecular weight is 458 g/mol. The molecule has 0 spiro atoms.